The van der Waals surface area contributed by atoms with Crippen LogP contribution in [0.15, 0.2) is 0 Å². The van der Waals surface area contributed by atoms with Crippen molar-refractivity contribution in [3.05, 3.63) is 0 Å². The van der Waals surface area contributed by atoms with E-state index < -0.39 is 12.0 Å². The maximum Gasteiger partial charge on any atom is 0.321 e. The van der Waals surface area contributed by atoms with Crippen molar-refractivity contribution in [2.24, 2.45) is 11.7 Å². The summed E-state index contributed by atoms with van der Waals surface area (Å²) in [6.07, 6.45) is 6.35. The molecule has 0 aromatic rings. The average molecular weight is 231 g/mol. The van der Waals surface area contributed by atoms with E-state index in [1.165, 1.54) is 32.1 Å². The van der Waals surface area contributed by atoms with E-state index in [2.05, 4.69) is 6.92 Å². The Morgan fingerprint density at radius 2 is 2.07 bits per heavy atom. The molecule has 0 heterocycles. The summed E-state index contributed by atoms with van der Waals surface area (Å²) >= 11 is 1.74. The Balaban J connectivity index is 2.16. The number of carboxylic acids is 1. The highest BCUT2D eigenvalue weighted by atomic mass is 32.2. The Bertz CT molecular complexity index is 203. The van der Waals surface area contributed by atoms with Crippen LogP contribution in [0.25, 0.3) is 0 Å². The van der Waals surface area contributed by atoms with Gasteiger partial charge in [0.15, 0.2) is 0 Å². The van der Waals surface area contributed by atoms with Gasteiger partial charge in [0.2, 0.25) is 0 Å². The summed E-state index contributed by atoms with van der Waals surface area (Å²) in [4.78, 5) is 10.5. The second kappa shape index (κ2) is 6.38. The van der Waals surface area contributed by atoms with E-state index in [0.29, 0.717) is 11.0 Å². The number of thioether (sulfide) groups is 1. The Morgan fingerprint density at radius 3 is 2.53 bits per heavy atom. The normalized spacial score (nSPS) is 28.7. The van der Waals surface area contributed by atoms with Crippen LogP contribution in [-0.4, -0.2) is 28.1 Å². The van der Waals surface area contributed by atoms with Crippen molar-refractivity contribution in [2.45, 2.75) is 50.3 Å². The molecule has 3 nitrogen and oxygen atoms in total. The summed E-state index contributed by atoms with van der Waals surface area (Å²) in [5.74, 6) is 0.566. The first kappa shape index (κ1) is 12.8. The third-order valence-corrected chi connectivity index (χ3v) is 4.69. The van der Waals surface area contributed by atoms with Crippen LogP contribution >= 0.6 is 11.8 Å². The van der Waals surface area contributed by atoms with Crippen molar-refractivity contribution in [3.63, 3.8) is 0 Å². The van der Waals surface area contributed by atoms with Crippen LogP contribution in [0.1, 0.15) is 39.0 Å². The minimum atomic E-state index is -0.884. The van der Waals surface area contributed by atoms with Crippen LogP contribution in [0.2, 0.25) is 0 Å². The fourth-order valence-corrected chi connectivity index (χ4v) is 3.25. The quantitative estimate of drug-likeness (QED) is 0.760. The molecule has 0 unspecified atom stereocenters. The average Bonchev–Trinajstić information content (AvgIpc) is 2.26. The minimum Gasteiger partial charge on any atom is -0.480 e. The van der Waals surface area contributed by atoms with Gasteiger partial charge < -0.3 is 10.8 Å². The van der Waals surface area contributed by atoms with Gasteiger partial charge in [0, 0.05) is 11.0 Å². The fraction of sp³-hybridized carbons (Fsp3) is 0.909. The SMILES string of the molecule is CCC1CCC(SC[C@H](N)C(=O)O)CC1. The van der Waals surface area contributed by atoms with Crippen LogP contribution in [0.3, 0.4) is 0 Å². The minimum absolute atomic E-state index is 0.552. The third-order valence-electron chi connectivity index (χ3n) is 3.20. The van der Waals surface area contributed by atoms with Crippen molar-refractivity contribution < 1.29 is 9.90 Å². The van der Waals surface area contributed by atoms with Gasteiger partial charge in [-0.05, 0) is 31.6 Å². The molecule has 0 bridgehead atoms. The van der Waals surface area contributed by atoms with Crippen molar-refractivity contribution in [3.8, 4) is 0 Å². The van der Waals surface area contributed by atoms with E-state index in [-0.39, 0.29) is 0 Å². The molecule has 1 saturated carbocycles. The molecule has 0 saturated heterocycles. The molecule has 0 spiro atoms. The topological polar surface area (TPSA) is 63.3 Å². The van der Waals surface area contributed by atoms with Gasteiger partial charge in [0.1, 0.15) is 6.04 Å². The summed E-state index contributed by atoms with van der Waals surface area (Å²) in [5.41, 5.74) is 5.47. The van der Waals surface area contributed by atoms with Gasteiger partial charge in [-0.1, -0.05) is 13.3 Å². The molecular formula is C11H21NO2S. The number of nitrogens with two attached hydrogens (primary N) is 1. The van der Waals surface area contributed by atoms with Crippen LogP contribution in [0, 0.1) is 5.92 Å². The summed E-state index contributed by atoms with van der Waals surface area (Å²) in [6.45, 7) is 2.25. The predicted molar refractivity (Wildman–Crippen MR) is 64.1 cm³/mol. The number of rotatable bonds is 5. The first-order valence-electron chi connectivity index (χ1n) is 5.73. The highest BCUT2D eigenvalue weighted by Gasteiger charge is 2.21. The Hall–Kier alpha value is -0.220. The van der Waals surface area contributed by atoms with Gasteiger partial charge in [-0.25, -0.2) is 0 Å². The third kappa shape index (κ3) is 4.43. The van der Waals surface area contributed by atoms with Crippen LogP contribution < -0.4 is 5.73 Å². The largest absolute Gasteiger partial charge is 0.480 e. The van der Waals surface area contributed by atoms with Gasteiger partial charge in [0.05, 0.1) is 0 Å². The summed E-state index contributed by atoms with van der Waals surface area (Å²) in [7, 11) is 0. The number of aliphatic carboxylic acids is 1. The van der Waals surface area contributed by atoms with E-state index in [1.807, 2.05) is 0 Å². The lowest BCUT2D eigenvalue weighted by Gasteiger charge is -2.27. The number of carbonyl (C=O) groups is 1. The van der Waals surface area contributed by atoms with Crippen molar-refractivity contribution in [1.82, 2.24) is 0 Å². The van der Waals surface area contributed by atoms with Crippen molar-refractivity contribution in [2.75, 3.05) is 5.75 Å². The van der Waals surface area contributed by atoms with Gasteiger partial charge in [0.25, 0.3) is 0 Å². The molecule has 1 atom stereocenters. The van der Waals surface area contributed by atoms with E-state index in [0.717, 1.165) is 5.92 Å². The molecule has 0 amide bonds. The van der Waals surface area contributed by atoms with E-state index in [9.17, 15) is 4.79 Å². The molecule has 1 aliphatic rings. The molecule has 4 heteroatoms. The lowest BCUT2D eigenvalue weighted by molar-refractivity contribution is -0.137. The van der Waals surface area contributed by atoms with Gasteiger partial charge >= 0.3 is 5.97 Å². The Morgan fingerprint density at radius 1 is 1.47 bits per heavy atom. The van der Waals surface area contributed by atoms with Gasteiger partial charge in [-0.3, -0.25) is 4.79 Å². The summed E-state index contributed by atoms with van der Waals surface area (Å²) in [6, 6.07) is -0.695. The zero-order valence-corrected chi connectivity index (χ0v) is 10.1. The number of carboxylic acid groups (broad SMARTS) is 1. The highest BCUT2D eigenvalue weighted by molar-refractivity contribution is 7.99. The van der Waals surface area contributed by atoms with Crippen LogP contribution in [-0.2, 0) is 4.79 Å². The molecule has 0 radical (unpaired) electrons. The molecule has 1 aliphatic carbocycles. The molecule has 1 rings (SSSR count). The first-order valence-corrected chi connectivity index (χ1v) is 6.78. The van der Waals surface area contributed by atoms with Crippen LogP contribution in [0.4, 0.5) is 0 Å². The monoisotopic (exact) mass is 231 g/mol. The van der Waals surface area contributed by atoms with Crippen molar-refractivity contribution >= 4 is 17.7 Å². The maximum atomic E-state index is 10.5. The number of hydrogen-bond donors (Lipinski definition) is 2. The second-order valence-electron chi connectivity index (χ2n) is 4.33. The standard InChI is InChI=1S/C11H21NO2S/c1-2-8-3-5-9(6-4-8)15-7-10(12)11(13)14/h8-10H,2-7,12H2,1H3,(H,13,14)/t8?,9?,10-/m0/s1. The maximum absolute atomic E-state index is 10.5. The molecular weight excluding hydrogens is 210 g/mol. The summed E-state index contributed by atoms with van der Waals surface area (Å²) in [5, 5.41) is 9.29. The van der Waals surface area contributed by atoms with Crippen LogP contribution in [0.5, 0.6) is 0 Å². The smallest absolute Gasteiger partial charge is 0.321 e. The van der Waals surface area contributed by atoms with E-state index >= 15 is 0 Å². The lowest BCUT2D eigenvalue weighted by atomic mass is 9.87. The molecule has 15 heavy (non-hydrogen) atoms. The molecule has 3 N–H and O–H groups in total. The van der Waals surface area contributed by atoms with Gasteiger partial charge in [-0.2, -0.15) is 11.8 Å². The van der Waals surface area contributed by atoms with Gasteiger partial charge in [-0.15, -0.1) is 0 Å². The first-order chi connectivity index (χ1) is 7.13. The molecule has 1 fully saturated rings. The predicted octanol–water partition coefficient (Wildman–Crippen LogP) is 2.10. The molecule has 0 aliphatic heterocycles. The zero-order chi connectivity index (χ0) is 11.3. The highest BCUT2D eigenvalue weighted by Crippen LogP contribution is 2.33. The van der Waals surface area contributed by atoms with Crippen molar-refractivity contribution in [1.29, 1.82) is 0 Å². The Labute approximate surface area is 95.8 Å². The van der Waals surface area contributed by atoms with E-state index in [4.69, 9.17) is 10.8 Å². The van der Waals surface area contributed by atoms with E-state index in [1.54, 1.807) is 11.8 Å². The summed E-state index contributed by atoms with van der Waals surface area (Å²) < 4.78 is 0. The molecule has 0 aromatic carbocycles. The fourth-order valence-electron chi connectivity index (χ4n) is 2.02. The molecule has 88 valence electrons. The second-order valence-corrected chi connectivity index (χ2v) is 5.66. The lowest BCUT2D eigenvalue weighted by Crippen LogP contribution is -2.33. The zero-order valence-electron chi connectivity index (χ0n) is 9.32. The Kier molecular flexibility index (Phi) is 5.47. The molecule has 0 aromatic heterocycles. The number of hydrogen-bond acceptors (Lipinski definition) is 3.